The lowest BCUT2D eigenvalue weighted by atomic mass is 9.91. The van der Waals surface area contributed by atoms with Gasteiger partial charge in [0.25, 0.3) is 11.2 Å². The Kier molecular flexibility index (Phi) is 7.01. The Hall–Kier alpha value is -2.53. The molecule has 35 heavy (non-hydrogen) atoms. The first kappa shape index (κ1) is 28.7. The van der Waals surface area contributed by atoms with Crippen molar-refractivity contribution in [3.63, 3.8) is 0 Å². The maximum absolute atomic E-state index is 13.1. The van der Waals surface area contributed by atoms with Crippen LogP contribution in [-0.2, 0) is 11.2 Å². The molecule has 0 aliphatic carbocycles. The molecule has 0 amide bonds. The molecule has 4 N–H and O–H groups in total. The average Bonchev–Trinajstić information content (AvgIpc) is 2.66. The molecule has 2 aromatic carbocycles. The van der Waals surface area contributed by atoms with Gasteiger partial charge in [0.2, 0.25) is 0 Å². The van der Waals surface area contributed by atoms with Crippen LogP contribution < -0.4 is 0 Å². The van der Waals surface area contributed by atoms with Crippen LogP contribution in [-0.4, -0.2) is 45.1 Å². The van der Waals surface area contributed by atoms with E-state index in [1.54, 1.807) is 0 Å². The van der Waals surface area contributed by atoms with Gasteiger partial charge in [-0.1, -0.05) is 11.8 Å². The number of phenolic OH excluding ortho intramolecular Hbond substituents is 2. The van der Waals surface area contributed by atoms with Gasteiger partial charge in [-0.3, -0.25) is 0 Å². The molecule has 2 rings (SSSR count). The number of halogens is 12. The largest absolute Gasteiger partial charge is 0.508 e. The summed E-state index contributed by atoms with van der Waals surface area (Å²) < 4.78 is 157. The van der Waals surface area contributed by atoms with Gasteiger partial charge in [0.1, 0.15) is 11.5 Å². The molecule has 0 saturated carbocycles. The Balaban J connectivity index is 2.66. The number of benzene rings is 2. The van der Waals surface area contributed by atoms with E-state index in [4.69, 9.17) is 0 Å². The Morgan fingerprint density at radius 3 is 0.971 bits per heavy atom. The van der Waals surface area contributed by atoms with Crippen molar-refractivity contribution in [1.82, 2.24) is 0 Å². The van der Waals surface area contributed by atoms with E-state index in [2.05, 4.69) is 0 Å². The number of phenols is 2. The Labute approximate surface area is 190 Å². The van der Waals surface area contributed by atoms with Crippen LogP contribution >= 0.6 is 11.8 Å². The topological polar surface area (TPSA) is 80.9 Å². The summed E-state index contributed by atoms with van der Waals surface area (Å²) in [4.78, 5) is -1.44. The highest BCUT2D eigenvalue weighted by Crippen LogP contribution is 2.54. The van der Waals surface area contributed by atoms with E-state index in [0.29, 0.717) is 12.1 Å². The van der Waals surface area contributed by atoms with Crippen molar-refractivity contribution in [3.8, 4) is 11.5 Å². The first-order chi connectivity index (χ1) is 15.5. The molecule has 0 unspecified atom stereocenters. The van der Waals surface area contributed by atoms with Gasteiger partial charge in [0.15, 0.2) is 0 Å². The van der Waals surface area contributed by atoms with Crippen molar-refractivity contribution in [2.45, 2.75) is 45.7 Å². The maximum Gasteiger partial charge on any atom is 0.430 e. The highest BCUT2D eigenvalue weighted by atomic mass is 32.2. The molecule has 0 fully saturated rings. The third kappa shape index (κ3) is 4.80. The summed E-state index contributed by atoms with van der Waals surface area (Å²) >= 11 is -0.00576. The molecule has 17 heteroatoms. The van der Waals surface area contributed by atoms with Crippen LogP contribution in [0.1, 0.15) is 11.1 Å². The van der Waals surface area contributed by atoms with E-state index in [1.165, 1.54) is 0 Å². The Morgan fingerprint density at radius 1 is 0.486 bits per heavy atom. The Morgan fingerprint density at radius 2 is 0.743 bits per heavy atom. The van der Waals surface area contributed by atoms with Crippen molar-refractivity contribution in [3.05, 3.63) is 47.5 Å². The predicted molar refractivity (Wildman–Crippen MR) is 92.4 cm³/mol. The van der Waals surface area contributed by atoms with Crippen molar-refractivity contribution in [1.29, 1.82) is 0 Å². The molecule has 0 aliphatic heterocycles. The molecule has 0 saturated heterocycles. The van der Waals surface area contributed by atoms with Gasteiger partial charge in [0, 0.05) is 20.9 Å². The van der Waals surface area contributed by atoms with Crippen molar-refractivity contribution in [2.24, 2.45) is 0 Å². The Bertz CT molecular complexity index is 975. The summed E-state index contributed by atoms with van der Waals surface area (Å²) in [6.07, 6.45) is -25.6. The number of aromatic hydroxyl groups is 2. The van der Waals surface area contributed by atoms with E-state index >= 15 is 0 Å². The van der Waals surface area contributed by atoms with E-state index in [0.717, 1.165) is 0 Å². The molecular weight excluding hydrogens is 540 g/mol. The smallest absolute Gasteiger partial charge is 0.430 e. The molecule has 0 radical (unpaired) electrons. The molecule has 0 aromatic heterocycles. The zero-order valence-corrected chi connectivity index (χ0v) is 17.0. The maximum atomic E-state index is 13.1. The summed E-state index contributed by atoms with van der Waals surface area (Å²) in [6.45, 7) is 0. The zero-order valence-electron chi connectivity index (χ0n) is 16.2. The number of hydrogen-bond donors (Lipinski definition) is 4. The predicted octanol–water partition coefficient (Wildman–Crippen LogP) is 5.87. The number of alkyl halides is 12. The van der Waals surface area contributed by atoms with Crippen LogP contribution in [0.25, 0.3) is 0 Å². The van der Waals surface area contributed by atoms with Gasteiger partial charge in [0.05, 0.1) is 0 Å². The lowest BCUT2D eigenvalue weighted by molar-refractivity contribution is -0.377. The lowest BCUT2D eigenvalue weighted by Gasteiger charge is -2.33. The third-order valence-corrected chi connectivity index (χ3v) is 5.57. The second-order valence-corrected chi connectivity index (χ2v) is 8.02. The van der Waals surface area contributed by atoms with Crippen LogP contribution in [0.15, 0.2) is 46.2 Å². The van der Waals surface area contributed by atoms with Crippen LogP contribution in [0, 0.1) is 0 Å². The fourth-order valence-corrected chi connectivity index (χ4v) is 3.70. The highest BCUT2D eigenvalue weighted by Gasteiger charge is 2.73. The van der Waals surface area contributed by atoms with E-state index in [9.17, 15) is 73.1 Å². The summed E-state index contributed by atoms with van der Waals surface area (Å²) in [5, 5.41) is 38.0. The van der Waals surface area contributed by atoms with Gasteiger partial charge in [-0.2, -0.15) is 52.7 Å². The minimum Gasteiger partial charge on any atom is -0.508 e. The minimum atomic E-state index is -6.41. The summed E-state index contributed by atoms with van der Waals surface area (Å²) in [5.41, 5.74) is -15.4. The van der Waals surface area contributed by atoms with E-state index < -0.39 is 68.3 Å². The molecule has 196 valence electrons. The van der Waals surface area contributed by atoms with Crippen molar-refractivity contribution in [2.75, 3.05) is 0 Å². The van der Waals surface area contributed by atoms with Crippen molar-refractivity contribution >= 4 is 11.8 Å². The van der Waals surface area contributed by atoms with E-state index in [-0.39, 0.29) is 36.0 Å². The molecule has 0 atom stereocenters. The van der Waals surface area contributed by atoms with Gasteiger partial charge in [-0.15, -0.1) is 0 Å². The average molecular weight is 550 g/mol. The number of hydrogen-bond acceptors (Lipinski definition) is 5. The SMILES string of the molecule is Oc1ccc(Sc2ccc(O)c(C(O)(C(F)(F)F)C(F)(F)F)c2)cc1C(O)(C(F)(F)F)C(F)(F)F. The van der Waals surface area contributed by atoms with Gasteiger partial charge in [-0.05, 0) is 36.4 Å². The molecular formula is C18H10F12O4S. The van der Waals surface area contributed by atoms with Crippen LogP contribution in [0.4, 0.5) is 52.7 Å². The molecule has 2 aromatic rings. The molecule has 4 nitrogen and oxygen atoms in total. The monoisotopic (exact) mass is 550 g/mol. The van der Waals surface area contributed by atoms with Gasteiger partial charge >= 0.3 is 24.7 Å². The standard InChI is InChI=1S/C18H10F12O4S/c19-15(20,21)13(33,16(22,23)24)9-5-7(1-3-11(9)31)35-8-2-4-12(32)10(6-8)14(34,17(25,26)27)18(28,29)30/h1-6,31-34H. The molecule has 0 heterocycles. The number of aliphatic hydroxyl groups is 2. The van der Waals surface area contributed by atoms with Crippen molar-refractivity contribution < 1.29 is 73.1 Å². The quantitative estimate of drug-likeness (QED) is 0.358. The second-order valence-electron chi connectivity index (χ2n) is 6.87. The minimum absolute atomic E-state index is 0.00576. The number of rotatable bonds is 4. The fourth-order valence-electron chi connectivity index (χ4n) is 2.81. The van der Waals surface area contributed by atoms with Gasteiger partial charge < -0.3 is 20.4 Å². The van der Waals surface area contributed by atoms with Gasteiger partial charge in [-0.25, -0.2) is 0 Å². The fraction of sp³-hybridized carbons (Fsp3) is 0.333. The summed E-state index contributed by atoms with van der Waals surface area (Å²) in [7, 11) is 0. The van der Waals surface area contributed by atoms with Crippen LogP contribution in [0.2, 0.25) is 0 Å². The molecule has 0 bridgehead atoms. The second kappa shape index (κ2) is 8.55. The third-order valence-electron chi connectivity index (χ3n) is 4.59. The summed E-state index contributed by atoms with van der Waals surface area (Å²) in [6, 6.07) is 1.75. The van der Waals surface area contributed by atoms with Crippen LogP contribution in [0.3, 0.4) is 0 Å². The zero-order chi connectivity index (χ0) is 27.4. The molecule has 0 aliphatic rings. The van der Waals surface area contributed by atoms with E-state index in [1.807, 2.05) is 0 Å². The first-order valence-electron chi connectivity index (χ1n) is 8.55. The first-order valence-corrected chi connectivity index (χ1v) is 9.36. The lowest BCUT2D eigenvalue weighted by Crippen LogP contribution is -2.54. The van der Waals surface area contributed by atoms with Crippen LogP contribution in [0.5, 0.6) is 11.5 Å². The highest BCUT2D eigenvalue weighted by molar-refractivity contribution is 7.99. The summed E-state index contributed by atoms with van der Waals surface area (Å²) in [5.74, 6) is -3.36. The molecule has 0 spiro atoms. The normalized spacial score (nSPS) is 14.3.